The average Bonchev–Trinajstić information content (AvgIpc) is 2.52. The van der Waals surface area contributed by atoms with Crippen LogP contribution in [0.4, 0.5) is 0 Å². The van der Waals surface area contributed by atoms with E-state index in [9.17, 15) is 4.79 Å². The van der Waals surface area contributed by atoms with Crippen LogP contribution >= 0.6 is 11.6 Å². The Balaban J connectivity index is 2.55. The predicted molar refractivity (Wildman–Crippen MR) is 64.7 cm³/mol. The number of nitrogens with one attached hydrogen (secondary N) is 1. The smallest absolute Gasteiger partial charge is 0.328 e. The third kappa shape index (κ3) is 1.95. The van der Waals surface area contributed by atoms with Crippen LogP contribution in [0, 0.1) is 6.92 Å². The van der Waals surface area contributed by atoms with Crippen molar-refractivity contribution < 1.29 is 9.90 Å². The molecule has 82 valence electrons. The van der Waals surface area contributed by atoms with Gasteiger partial charge in [0.15, 0.2) is 0 Å². The molecule has 0 atom stereocenters. The van der Waals surface area contributed by atoms with Crippen LogP contribution in [-0.4, -0.2) is 16.1 Å². The summed E-state index contributed by atoms with van der Waals surface area (Å²) in [6.07, 6.45) is 2.66. The maximum absolute atomic E-state index is 10.4. The Hall–Kier alpha value is -1.74. The van der Waals surface area contributed by atoms with E-state index in [1.807, 2.05) is 25.1 Å². The fourth-order valence-electron chi connectivity index (χ4n) is 1.65. The fraction of sp³-hybridized carbons (Fsp3) is 0.0833. The number of H-pyrrole nitrogens is 1. The summed E-state index contributed by atoms with van der Waals surface area (Å²) < 4.78 is 0. The number of halogens is 1. The molecule has 1 aromatic carbocycles. The van der Waals surface area contributed by atoms with Gasteiger partial charge in [0.05, 0.1) is 0 Å². The Morgan fingerprint density at radius 1 is 1.50 bits per heavy atom. The van der Waals surface area contributed by atoms with Crippen LogP contribution in [0.15, 0.2) is 24.3 Å². The second kappa shape index (κ2) is 4.02. The summed E-state index contributed by atoms with van der Waals surface area (Å²) in [6.45, 7) is 1.94. The number of aliphatic carboxylic acids is 1. The van der Waals surface area contributed by atoms with E-state index in [-0.39, 0.29) is 0 Å². The lowest BCUT2D eigenvalue weighted by atomic mass is 10.1. The number of carboxylic acids is 1. The molecule has 0 spiro atoms. The molecule has 0 saturated heterocycles. The van der Waals surface area contributed by atoms with Crippen molar-refractivity contribution in [3.63, 3.8) is 0 Å². The first-order chi connectivity index (χ1) is 7.58. The zero-order valence-corrected chi connectivity index (χ0v) is 9.38. The van der Waals surface area contributed by atoms with Crippen LogP contribution in [0.25, 0.3) is 17.0 Å². The van der Waals surface area contributed by atoms with Crippen molar-refractivity contribution >= 4 is 34.5 Å². The summed E-state index contributed by atoms with van der Waals surface area (Å²) in [7, 11) is 0. The van der Waals surface area contributed by atoms with Crippen LogP contribution in [-0.2, 0) is 4.79 Å². The first kappa shape index (κ1) is 10.8. The molecular formula is C12H10ClNO2. The lowest BCUT2D eigenvalue weighted by Crippen LogP contribution is -1.86. The average molecular weight is 236 g/mol. The van der Waals surface area contributed by atoms with Gasteiger partial charge in [-0.3, -0.25) is 0 Å². The monoisotopic (exact) mass is 235 g/mol. The van der Waals surface area contributed by atoms with Gasteiger partial charge in [-0.15, -0.1) is 0 Å². The number of rotatable bonds is 2. The lowest BCUT2D eigenvalue weighted by Gasteiger charge is -1.91. The molecule has 0 aliphatic carbocycles. The number of hydrogen-bond acceptors (Lipinski definition) is 1. The molecule has 0 radical (unpaired) electrons. The number of aryl methyl sites for hydroxylation is 1. The second-order valence-corrected chi connectivity index (χ2v) is 3.96. The van der Waals surface area contributed by atoms with E-state index < -0.39 is 5.97 Å². The minimum atomic E-state index is -0.962. The van der Waals surface area contributed by atoms with Gasteiger partial charge in [-0.05, 0) is 30.7 Å². The number of carboxylic acid groups (broad SMARTS) is 1. The van der Waals surface area contributed by atoms with Crippen molar-refractivity contribution in [1.82, 2.24) is 4.98 Å². The Morgan fingerprint density at radius 3 is 2.94 bits per heavy atom. The van der Waals surface area contributed by atoms with Gasteiger partial charge in [-0.2, -0.15) is 0 Å². The van der Waals surface area contributed by atoms with Gasteiger partial charge in [0, 0.05) is 27.7 Å². The third-order valence-electron chi connectivity index (χ3n) is 2.45. The molecule has 3 nitrogen and oxygen atoms in total. The highest BCUT2D eigenvalue weighted by molar-refractivity contribution is 6.31. The Labute approximate surface area is 97.4 Å². The molecule has 0 aliphatic rings. The molecule has 1 aromatic heterocycles. The molecule has 4 heteroatoms. The standard InChI is InChI=1S/C12H10ClNO2/c1-7-9-3-2-8(13)6-11(9)14-10(7)4-5-12(15)16/h2-6,14H,1H3,(H,15,16)/b5-4+. The maximum Gasteiger partial charge on any atom is 0.328 e. The van der Waals surface area contributed by atoms with Crippen molar-refractivity contribution in [2.75, 3.05) is 0 Å². The zero-order valence-electron chi connectivity index (χ0n) is 8.62. The van der Waals surface area contributed by atoms with E-state index in [2.05, 4.69) is 4.98 Å². The van der Waals surface area contributed by atoms with Crippen molar-refractivity contribution in [2.24, 2.45) is 0 Å². The summed E-state index contributed by atoms with van der Waals surface area (Å²) in [4.78, 5) is 13.6. The van der Waals surface area contributed by atoms with E-state index in [0.29, 0.717) is 5.02 Å². The Kier molecular flexibility index (Phi) is 2.71. The normalized spacial score (nSPS) is 11.4. The number of fused-ring (bicyclic) bond motifs is 1. The molecule has 2 rings (SSSR count). The molecule has 0 amide bonds. The highest BCUT2D eigenvalue weighted by Gasteiger charge is 2.05. The number of benzene rings is 1. The van der Waals surface area contributed by atoms with E-state index >= 15 is 0 Å². The second-order valence-electron chi connectivity index (χ2n) is 3.53. The first-order valence-corrected chi connectivity index (χ1v) is 5.14. The van der Waals surface area contributed by atoms with Gasteiger partial charge in [0.2, 0.25) is 0 Å². The first-order valence-electron chi connectivity index (χ1n) is 4.77. The number of aromatic nitrogens is 1. The molecule has 16 heavy (non-hydrogen) atoms. The van der Waals surface area contributed by atoms with E-state index in [4.69, 9.17) is 16.7 Å². The molecule has 1 heterocycles. The van der Waals surface area contributed by atoms with Gasteiger partial charge < -0.3 is 10.1 Å². The highest BCUT2D eigenvalue weighted by Crippen LogP contribution is 2.25. The number of carbonyl (C=O) groups is 1. The predicted octanol–water partition coefficient (Wildman–Crippen LogP) is 3.23. The summed E-state index contributed by atoms with van der Waals surface area (Å²) in [5, 5.41) is 10.3. The Bertz CT molecular complexity index is 584. The SMILES string of the molecule is Cc1c(/C=C/C(=O)O)[nH]c2cc(Cl)ccc12. The topological polar surface area (TPSA) is 53.1 Å². The fourth-order valence-corrected chi connectivity index (χ4v) is 1.82. The number of aromatic amines is 1. The molecule has 0 saturated carbocycles. The van der Waals surface area contributed by atoms with Crippen LogP contribution < -0.4 is 0 Å². The van der Waals surface area contributed by atoms with Gasteiger partial charge in [0.25, 0.3) is 0 Å². The van der Waals surface area contributed by atoms with Crippen molar-refractivity contribution in [3.8, 4) is 0 Å². The molecule has 2 aromatic rings. The van der Waals surface area contributed by atoms with Gasteiger partial charge >= 0.3 is 5.97 Å². The third-order valence-corrected chi connectivity index (χ3v) is 2.69. The van der Waals surface area contributed by atoms with Crippen molar-refractivity contribution in [1.29, 1.82) is 0 Å². The van der Waals surface area contributed by atoms with Gasteiger partial charge in [-0.25, -0.2) is 4.79 Å². The summed E-state index contributed by atoms with van der Waals surface area (Å²) >= 11 is 5.88. The van der Waals surface area contributed by atoms with Crippen molar-refractivity contribution in [2.45, 2.75) is 6.92 Å². The van der Waals surface area contributed by atoms with Gasteiger partial charge in [0.1, 0.15) is 0 Å². The number of hydrogen-bond donors (Lipinski definition) is 2. The summed E-state index contributed by atoms with van der Waals surface area (Å²) in [5.74, 6) is -0.962. The van der Waals surface area contributed by atoms with Crippen LogP contribution in [0.1, 0.15) is 11.3 Å². The van der Waals surface area contributed by atoms with Crippen LogP contribution in [0.2, 0.25) is 5.02 Å². The molecule has 2 N–H and O–H groups in total. The van der Waals surface area contributed by atoms with Gasteiger partial charge in [-0.1, -0.05) is 17.7 Å². The summed E-state index contributed by atoms with van der Waals surface area (Å²) in [6, 6.07) is 5.55. The Morgan fingerprint density at radius 2 is 2.25 bits per heavy atom. The van der Waals surface area contributed by atoms with E-state index in [1.54, 1.807) is 6.08 Å². The molecule has 0 aliphatic heterocycles. The lowest BCUT2D eigenvalue weighted by molar-refractivity contribution is -0.131. The molecule has 0 unspecified atom stereocenters. The van der Waals surface area contributed by atoms with Crippen molar-refractivity contribution in [3.05, 3.63) is 40.6 Å². The minimum absolute atomic E-state index is 0.655. The highest BCUT2D eigenvalue weighted by atomic mass is 35.5. The van der Waals surface area contributed by atoms with Crippen LogP contribution in [0.3, 0.4) is 0 Å². The van der Waals surface area contributed by atoms with E-state index in [1.165, 1.54) is 0 Å². The minimum Gasteiger partial charge on any atom is -0.478 e. The molecule has 0 fully saturated rings. The quantitative estimate of drug-likeness (QED) is 0.786. The zero-order chi connectivity index (χ0) is 11.7. The summed E-state index contributed by atoms with van der Waals surface area (Å²) in [5.41, 5.74) is 2.72. The molecule has 0 bridgehead atoms. The molecular weight excluding hydrogens is 226 g/mol. The van der Waals surface area contributed by atoms with E-state index in [0.717, 1.165) is 28.2 Å². The largest absolute Gasteiger partial charge is 0.478 e. The van der Waals surface area contributed by atoms with Crippen LogP contribution in [0.5, 0.6) is 0 Å². The maximum atomic E-state index is 10.4.